The Bertz CT molecular complexity index is 664. The number of carbonyl (C=O) groups excluding carboxylic acids is 2. The summed E-state index contributed by atoms with van der Waals surface area (Å²) in [6, 6.07) is 11.3. The van der Waals surface area contributed by atoms with E-state index in [4.69, 9.17) is 4.74 Å². The van der Waals surface area contributed by atoms with Crippen molar-refractivity contribution in [1.29, 1.82) is 5.26 Å². The van der Waals surface area contributed by atoms with Crippen LogP contribution < -0.4 is 5.32 Å². The Labute approximate surface area is 139 Å². The van der Waals surface area contributed by atoms with Crippen molar-refractivity contribution >= 4 is 23.6 Å². The van der Waals surface area contributed by atoms with Crippen LogP contribution in [0.2, 0.25) is 0 Å². The number of nitriles is 1. The van der Waals surface area contributed by atoms with Gasteiger partial charge in [0.05, 0.1) is 23.8 Å². The maximum Gasteiger partial charge on any atom is 0.319 e. The number of benzene rings is 1. The minimum atomic E-state index is -1.05. The SMILES string of the molecule is CCCSC1=C(C#N)[C@@H](c2ccccc2)[C@@H](C(=O)OC)C(=O)N1. The summed E-state index contributed by atoms with van der Waals surface area (Å²) in [5.74, 6) is -1.96. The third kappa shape index (κ3) is 3.57. The van der Waals surface area contributed by atoms with E-state index in [2.05, 4.69) is 11.4 Å². The maximum absolute atomic E-state index is 12.4. The topological polar surface area (TPSA) is 79.2 Å². The molecular weight excluding hydrogens is 312 g/mol. The number of ether oxygens (including phenoxy) is 1. The fourth-order valence-corrected chi connectivity index (χ4v) is 3.45. The van der Waals surface area contributed by atoms with Crippen LogP contribution in [0.1, 0.15) is 24.8 Å². The maximum atomic E-state index is 12.4. The fraction of sp³-hybridized carbons (Fsp3) is 0.353. The van der Waals surface area contributed by atoms with E-state index in [1.807, 2.05) is 37.3 Å². The standard InChI is InChI=1S/C17H18N2O3S/c1-3-9-23-16-12(10-18)13(11-7-5-4-6-8-11)14(15(20)19-16)17(21)22-2/h4-8,13-14H,3,9H2,1-2H3,(H,19,20)/t13-,14-/m1/s1. The molecule has 1 aromatic rings. The van der Waals surface area contributed by atoms with Gasteiger partial charge in [-0.05, 0) is 17.7 Å². The summed E-state index contributed by atoms with van der Waals surface area (Å²) in [6.07, 6.45) is 0.916. The van der Waals surface area contributed by atoms with Crippen LogP contribution in [0.5, 0.6) is 0 Å². The molecule has 0 fully saturated rings. The summed E-state index contributed by atoms with van der Waals surface area (Å²) in [5, 5.41) is 12.9. The highest BCUT2D eigenvalue weighted by Crippen LogP contribution is 2.40. The van der Waals surface area contributed by atoms with Crippen LogP contribution in [-0.4, -0.2) is 24.7 Å². The van der Waals surface area contributed by atoms with Gasteiger partial charge < -0.3 is 10.1 Å². The van der Waals surface area contributed by atoms with Gasteiger partial charge in [-0.25, -0.2) is 0 Å². The second-order valence-electron chi connectivity index (χ2n) is 5.08. The number of rotatable bonds is 5. The lowest BCUT2D eigenvalue weighted by atomic mass is 9.78. The van der Waals surface area contributed by atoms with Crippen molar-refractivity contribution in [2.75, 3.05) is 12.9 Å². The second kappa shape index (κ2) is 7.84. The minimum Gasteiger partial charge on any atom is -0.468 e. The number of allylic oxidation sites excluding steroid dienone is 1. The predicted octanol–water partition coefficient (Wildman–Crippen LogP) is 2.57. The van der Waals surface area contributed by atoms with Gasteiger partial charge in [0.25, 0.3) is 0 Å². The minimum absolute atomic E-state index is 0.407. The Balaban J connectivity index is 2.56. The Morgan fingerprint density at radius 2 is 2.09 bits per heavy atom. The smallest absolute Gasteiger partial charge is 0.319 e. The number of carbonyl (C=O) groups is 2. The van der Waals surface area contributed by atoms with Gasteiger partial charge in [-0.15, -0.1) is 11.8 Å². The molecule has 1 aromatic carbocycles. The number of nitrogens with zero attached hydrogens (tertiary/aromatic N) is 1. The number of hydrogen-bond acceptors (Lipinski definition) is 5. The third-order valence-electron chi connectivity index (χ3n) is 3.59. The highest BCUT2D eigenvalue weighted by Gasteiger charge is 2.44. The molecule has 6 heteroatoms. The molecule has 1 aliphatic heterocycles. The van der Waals surface area contributed by atoms with E-state index in [9.17, 15) is 14.9 Å². The van der Waals surface area contributed by atoms with Gasteiger partial charge in [-0.2, -0.15) is 5.26 Å². The van der Waals surface area contributed by atoms with E-state index in [-0.39, 0.29) is 0 Å². The van der Waals surface area contributed by atoms with Crippen molar-refractivity contribution in [3.05, 3.63) is 46.5 Å². The Morgan fingerprint density at radius 1 is 1.39 bits per heavy atom. The first-order valence-corrected chi connectivity index (χ1v) is 8.33. The molecule has 120 valence electrons. The molecule has 0 saturated heterocycles. The van der Waals surface area contributed by atoms with Crippen molar-refractivity contribution in [2.45, 2.75) is 19.3 Å². The zero-order valence-corrected chi connectivity index (χ0v) is 13.9. The average Bonchev–Trinajstić information content (AvgIpc) is 2.59. The van der Waals surface area contributed by atoms with Crippen LogP contribution in [0.3, 0.4) is 0 Å². The van der Waals surface area contributed by atoms with Gasteiger partial charge in [-0.3, -0.25) is 9.59 Å². The predicted molar refractivity (Wildman–Crippen MR) is 88.2 cm³/mol. The molecule has 2 atom stereocenters. The van der Waals surface area contributed by atoms with Gasteiger partial charge >= 0.3 is 5.97 Å². The lowest BCUT2D eigenvalue weighted by Gasteiger charge is -2.30. The normalized spacial score (nSPS) is 20.7. The molecular formula is C17H18N2O3S. The van der Waals surface area contributed by atoms with Crippen molar-refractivity contribution in [3.63, 3.8) is 0 Å². The number of esters is 1. The summed E-state index contributed by atoms with van der Waals surface area (Å²) in [6.45, 7) is 2.02. The molecule has 1 N–H and O–H groups in total. The summed E-state index contributed by atoms with van der Waals surface area (Å²) >= 11 is 1.43. The highest BCUT2D eigenvalue weighted by molar-refractivity contribution is 8.03. The summed E-state index contributed by atoms with van der Waals surface area (Å²) in [5.41, 5.74) is 1.16. The number of methoxy groups -OCH3 is 1. The molecule has 0 radical (unpaired) electrons. The highest BCUT2D eigenvalue weighted by atomic mass is 32.2. The molecule has 1 aliphatic rings. The molecule has 2 rings (SSSR count). The van der Waals surface area contributed by atoms with Crippen molar-refractivity contribution in [1.82, 2.24) is 5.32 Å². The molecule has 0 spiro atoms. The molecule has 0 unspecified atom stereocenters. The quantitative estimate of drug-likeness (QED) is 0.663. The number of amides is 1. The van der Waals surface area contributed by atoms with E-state index in [1.165, 1.54) is 18.9 Å². The number of thioether (sulfide) groups is 1. The number of nitrogens with one attached hydrogen (secondary N) is 1. The van der Waals surface area contributed by atoms with Gasteiger partial charge in [-0.1, -0.05) is 37.3 Å². The second-order valence-corrected chi connectivity index (χ2v) is 6.19. The first-order chi connectivity index (χ1) is 11.1. The number of hydrogen-bond donors (Lipinski definition) is 1. The molecule has 0 aromatic heterocycles. The van der Waals surface area contributed by atoms with E-state index >= 15 is 0 Å². The van der Waals surface area contributed by atoms with Crippen molar-refractivity contribution in [2.24, 2.45) is 5.92 Å². The summed E-state index contributed by atoms with van der Waals surface area (Å²) < 4.78 is 4.78. The fourth-order valence-electron chi connectivity index (χ4n) is 2.54. The van der Waals surface area contributed by atoms with Crippen molar-refractivity contribution in [3.8, 4) is 6.07 Å². The molecule has 1 amide bonds. The van der Waals surface area contributed by atoms with Crippen molar-refractivity contribution < 1.29 is 14.3 Å². The Kier molecular flexibility index (Phi) is 5.83. The monoisotopic (exact) mass is 330 g/mol. The van der Waals surface area contributed by atoms with E-state index in [0.29, 0.717) is 10.6 Å². The van der Waals surface area contributed by atoms with Gasteiger partial charge in [0, 0.05) is 5.92 Å². The van der Waals surface area contributed by atoms with E-state index < -0.39 is 23.7 Å². The van der Waals surface area contributed by atoms with Crippen LogP contribution in [0, 0.1) is 17.2 Å². The molecule has 0 saturated carbocycles. The molecule has 5 nitrogen and oxygen atoms in total. The largest absolute Gasteiger partial charge is 0.468 e. The van der Waals surface area contributed by atoms with Crippen LogP contribution in [0.4, 0.5) is 0 Å². The molecule has 0 bridgehead atoms. The van der Waals surface area contributed by atoms with Crippen LogP contribution >= 0.6 is 11.8 Å². The van der Waals surface area contributed by atoms with Crippen LogP contribution in [0.15, 0.2) is 40.9 Å². The zero-order valence-electron chi connectivity index (χ0n) is 13.0. The van der Waals surface area contributed by atoms with E-state index in [1.54, 1.807) is 0 Å². The first-order valence-electron chi connectivity index (χ1n) is 7.34. The molecule has 23 heavy (non-hydrogen) atoms. The molecule has 0 aliphatic carbocycles. The third-order valence-corrected chi connectivity index (χ3v) is 4.82. The van der Waals surface area contributed by atoms with Gasteiger partial charge in [0.2, 0.25) is 5.91 Å². The average molecular weight is 330 g/mol. The van der Waals surface area contributed by atoms with Gasteiger partial charge in [0.1, 0.15) is 5.92 Å². The first kappa shape index (κ1) is 17.1. The van der Waals surface area contributed by atoms with Gasteiger partial charge in [0.15, 0.2) is 0 Å². The van der Waals surface area contributed by atoms with E-state index in [0.717, 1.165) is 17.7 Å². The van der Waals surface area contributed by atoms with Crippen LogP contribution in [-0.2, 0) is 14.3 Å². The Hall–Kier alpha value is -2.26. The Morgan fingerprint density at radius 3 is 2.65 bits per heavy atom. The van der Waals surface area contributed by atoms with Crippen LogP contribution in [0.25, 0.3) is 0 Å². The lowest BCUT2D eigenvalue weighted by molar-refractivity contribution is -0.150. The summed E-state index contributed by atoms with van der Waals surface area (Å²) in [7, 11) is 1.24. The summed E-state index contributed by atoms with van der Waals surface area (Å²) in [4.78, 5) is 24.6. The molecule has 1 heterocycles. The zero-order chi connectivity index (χ0) is 16.8. The lowest BCUT2D eigenvalue weighted by Crippen LogP contribution is -2.44.